The van der Waals surface area contributed by atoms with Crippen molar-refractivity contribution in [1.82, 2.24) is 0 Å². The number of esters is 1. The molecule has 0 saturated carbocycles. The highest BCUT2D eigenvalue weighted by atomic mass is 79.9. The van der Waals surface area contributed by atoms with E-state index >= 15 is 0 Å². The van der Waals surface area contributed by atoms with Gasteiger partial charge in [-0.2, -0.15) is 0 Å². The van der Waals surface area contributed by atoms with Crippen LogP contribution in [0.3, 0.4) is 0 Å². The predicted octanol–water partition coefficient (Wildman–Crippen LogP) is 4.55. The van der Waals surface area contributed by atoms with Crippen molar-refractivity contribution in [2.24, 2.45) is 0 Å². The molecule has 1 atom stereocenters. The first-order chi connectivity index (χ1) is 9.06. The van der Waals surface area contributed by atoms with Gasteiger partial charge in [0.15, 0.2) is 0 Å². The fourth-order valence-electron chi connectivity index (χ4n) is 1.88. The largest absolute Gasteiger partial charge is 0.459 e. The van der Waals surface area contributed by atoms with Gasteiger partial charge in [-0.05, 0) is 47.8 Å². The van der Waals surface area contributed by atoms with Gasteiger partial charge in [0.25, 0.3) is 0 Å². The molecule has 0 radical (unpaired) electrons. The van der Waals surface area contributed by atoms with Gasteiger partial charge < -0.3 is 10.5 Å². The zero-order valence-electron chi connectivity index (χ0n) is 11.6. The van der Waals surface area contributed by atoms with E-state index in [0.29, 0.717) is 11.3 Å². The number of nitrogen functional groups attached to an aromatic ring is 1. The number of nitrogens with two attached hydrogens (primary N) is 1. The van der Waals surface area contributed by atoms with Gasteiger partial charge in [0, 0.05) is 4.47 Å². The van der Waals surface area contributed by atoms with Crippen LogP contribution in [0.4, 0.5) is 5.69 Å². The second-order valence-corrected chi connectivity index (χ2v) is 5.62. The summed E-state index contributed by atoms with van der Waals surface area (Å²) in [5, 5.41) is 0. The minimum absolute atomic E-state index is 0.0669. The van der Waals surface area contributed by atoms with E-state index in [9.17, 15) is 4.79 Å². The zero-order valence-corrected chi connectivity index (χ0v) is 13.2. The number of anilines is 1. The summed E-state index contributed by atoms with van der Waals surface area (Å²) in [6.45, 7) is 4.11. The zero-order chi connectivity index (χ0) is 14.3. The van der Waals surface area contributed by atoms with Crippen molar-refractivity contribution < 1.29 is 9.53 Å². The number of benzene rings is 1. The van der Waals surface area contributed by atoms with Crippen LogP contribution in [0.5, 0.6) is 0 Å². The number of carbonyl (C=O) groups is 1. The molecular formula is C15H22BrNO2. The molecule has 1 unspecified atom stereocenters. The molecular weight excluding hydrogens is 306 g/mol. The normalized spacial score (nSPS) is 12.2. The molecule has 0 spiro atoms. The Hall–Kier alpha value is -1.03. The first-order valence-corrected chi connectivity index (χ1v) is 7.60. The maximum Gasteiger partial charge on any atom is 0.340 e. The molecule has 106 valence electrons. The Bertz CT molecular complexity index is 421. The summed E-state index contributed by atoms with van der Waals surface area (Å²) in [6, 6.07) is 5.27. The molecule has 0 amide bonds. The standard InChI is InChI=1S/C15H22BrNO2/c1-3-4-5-6-8-11(2)19-15(18)12-9-7-10-13(16)14(12)17/h7,9-11H,3-6,8,17H2,1-2H3. The average Bonchev–Trinajstić information content (AvgIpc) is 2.38. The summed E-state index contributed by atoms with van der Waals surface area (Å²) < 4.78 is 6.13. The molecule has 0 saturated heterocycles. The molecule has 0 aliphatic rings. The Morgan fingerprint density at radius 1 is 1.37 bits per heavy atom. The van der Waals surface area contributed by atoms with Crippen molar-refractivity contribution in [2.75, 3.05) is 5.73 Å². The molecule has 1 aromatic carbocycles. The first kappa shape index (κ1) is 16.0. The molecule has 0 aromatic heterocycles. The number of hydrogen-bond acceptors (Lipinski definition) is 3. The molecule has 0 aliphatic carbocycles. The molecule has 2 N–H and O–H groups in total. The van der Waals surface area contributed by atoms with Gasteiger partial charge >= 0.3 is 5.97 Å². The van der Waals surface area contributed by atoms with E-state index in [-0.39, 0.29) is 12.1 Å². The maximum absolute atomic E-state index is 12.0. The summed E-state index contributed by atoms with van der Waals surface area (Å²) in [4.78, 5) is 12.0. The highest BCUT2D eigenvalue weighted by Gasteiger charge is 2.15. The number of halogens is 1. The molecule has 19 heavy (non-hydrogen) atoms. The van der Waals surface area contributed by atoms with Gasteiger partial charge in [-0.25, -0.2) is 4.79 Å². The van der Waals surface area contributed by atoms with Gasteiger partial charge in [-0.1, -0.05) is 32.3 Å². The third kappa shape index (κ3) is 5.23. The van der Waals surface area contributed by atoms with E-state index in [4.69, 9.17) is 10.5 Å². The van der Waals surface area contributed by atoms with Crippen LogP contribution in [0.15, 0.2) is 22.7 Å². The topological polar surface area (TPSA) is 52.3 Å². The van der Waals surface area contributed by atoms with Crippen molar-refractivity contribution in [3.05, 3.63) is 28.2 Å². The van der Waals surface area contributed by atoms with Crippen LogP contribution in [0.25, 0.3) is 0 Å². The number of carbonyl (C=O) groups excluding carboxylic acids is 1. The van der Waals surface area contributed by atoms with Crippen LogP contribution < -0.4 is 5.73 Å². The van der Waals surface area contributed by atoms with E-state index < -0.39 is 0 Å². The van der Waals surface area contributed by atoms with E-state index in [1.54, 1.807) is 18.2 Å². The van der Waals surface area contributed by atoms with Crippen LogP contribution in [-0.2, 0) is 4.74 Å². The average molecular weight is 328 g/mol. The second kappa shape index (κ2) is 8.20. The Balaban J connectivity index is 2.48. The number of hydrogen-bond donors (Lipinski definition) is 1. The summed E-state index contributed by atoms with van der Waals surface area (Å²) in [6.07, 6.45) is 5.57. The smallest absolute Gasteiger partial charge is 0.340 e. The molecule has 3 nitrogen and oxygen atoms in total. The Morgan fingerprint density at radius 2 is 2.11 bits per heavy atom. The summed E-state index contributed by atoms with van der Waals surface area (Å²) in [7, 11) is 0. The fourth-order valence-corrected chi connectivity index (χ4v) is 2.24. The lowest BCUT2D eigenvalue weighted by Gasteiger charge is -2.14. The lowest BCUT2D eigenvalue weighted by Crippen LogP contribution is -2.16. The highest BCUT2D eigenvalue weighted by Crippen LogP contribution is 2.24. The lowest BCUT2D eigenvalue weighted by atomic mass is 10.1. The Kier molecular flexibility index (Phi) is 6.92. The Morgan fingerprint density at radius 3 is 2.79 bits per heavy atom. The molecule has 1 aromatic rings. The minimum Gasteiger partial charge on any atom is -0.459 e. The third-order valence-electron chi connectivity index (χ3n) is 3.05. The molecule has 0 bridgehead atoms. The fraction of sp³-hybridized carbons (Fsp3) is 0.533. The Labute approximate surface area is 123 Å². The molecule has 1 rings (SSSR count). The first-order valence-electron chi connectivity index (χ1n) is 6.81. The van der Waals surface area contributed by atoms with Crippen molar-refractivity contribution in [2.45, 2.75) is 52.1 Å². The van der Waals surface area contributed by atoms with Gasteiger partial charge in [0.05, 0.1) is 17.4 Å². The second-order valence-electron chi connectivity index (χ2n) is 4.77. The van der Waals surface area contributed by atoms with Gasteiger partial charge in [-0.15, -0.1) is 0 Å². The molecule has 0 heterocycles. The number of para-hydroxylation sites is 1. The van der Waals surface area contributed by atoms with Crippen LogP contribution in [0.1, 0.15) is 56.3 Å². The van der Waals surface area contributed by atoms with Gasteiger partial charge in [-0.3, -0.25) is 0 Å². The third-order valence-corrected chi connectivity index (χ3v) is 3.74. The number of rotatable bonds is 7. The summed E-state index contributed by atoms with van der Waals surface area (Å²) >= 11 is 3.31. The van der Waals surface area contributed by atoms with Crippen LogP contribution in [-0.4, -0.2) is 12.1 Å². The monoisotopic (exact) mass is 327 g/mol. The summed E-state index contributed by atoms with van der Waals surface area (Å²) in [5.74, 6) is -0.346. The molecule has 4 heteroatoms. The van der Waals surface area contributed by atoms with E-state index in [1.165, 1.54) is 19.3 Å². The summed E-state index contributed by atoms with van der Waals surface area (Å²) in [5.41, 5.74) is 6.71. The van der Waals surface area contributed by atoms with Gasteiger partial charge in [0.2, 0.25) is 0 Å². The lowest BCUT2D eigenvalue weighted by molar-refractivity contribution is 0.0320. The van der Waals surface area contributed by atoms with Crippen molar-refractivity contribution in [1.29, 1.82) is 0 Å². The van der Waals surface area contributed by atoms with Crippen LogP contribution in [0.2, 0.25) is 0 Å². The number of unbranched alkanes of at least 4 members (excludes halogenated alkanes) is 3. The quantitative estimate of drug-likeness (QED) is 0.454. The molecule has 0 aliphatic heterocycles. The molecule has 0 fully saturated rings. The van der Waals surface area contributed by atoms with Crippen LogP contribution >= 0.6 is 15.9 Å². The highest BCUT2D eigenvalue weighted by molar-refractivity contribution is 9.10. The van der Waals surface area contributed by atoms with Crippen molar-refractivity contribution in [3.63, 3.8) is 0 Å². The SMILES string of the molecule is CCCCCCC(C)OC(=O)c1cccc(Br)c1N. The van der Waals surface area contributed by atoms with Crippen LogP contribution in [0, 0.1) is 0 Å². The van der Waals surface area contributed by atoms with E-state index in [2.05, 4.69) is 22.9 Å². The van der Waals surface area contributed by atoms with E-state index in [1.807, 2.05) is 6.92 Å². The predicted molar refractivity (Wildman–Crippen MR) is 82.2 cm³/mol. The van der Waals surface area contributed by atoms with Gasteiger partial charge in [0.1, 0.15) is 0 Å². The number of ether oxygens (including phenoxy) is 1. The van der Waals surface area contributed by atoms with Crippen molar-refractivity contribution in [3.8, 4) is 0 Å². The van der Waals surface area contributed by atoms with E-state index in [0.717, 1.165) is 17.3 Å². The van der Waals surface area contributed by atoms with Crippen molar-refractivity contribution >= 4 is 27.6 Å². The maximum atomic E-state index is 12.0. The minimum atomic E-state index is -0.346.